The second-order valence-electron chi connectivity index (χ2n) is 12.0. The minimum Gasteiger partial charge on any atom is -0.507 e. The van der Waals surface area contributed by atoms with Gasteiger partial charge in [-0.25, -0.2) is 0 Å². The van der Waals surface area contributed by atoms with Gasteiger partial charge >= 0.3 is 0 Å². The van der Waals surface area contributed by atoms with Gasteiger partial charge in [0.25, 0.3) is 0 Å². The van der Waals surface area contributed by atoms with Crippen LogP contribution in [0, 0.1) is 0 Å². The maximum absolute atomic E-state index is 11.2. The molecule has 0 saturated carbocycles. The Kier molecular flexibility index (Phi) is 6.25. The molecule has 5 nitrogen and oxygen atoms in total. The second-order valence-corrected chi connectivity index (χ2v) is 12.0. The first-order chi connectivity index (χ1) is 16.6. The average Bonchev–Trinajstić information content (AvgIpc) is 3.50. The average molecular weight is 473 g/mol. The first-order valence-corrected chi connectivity index (χ1v) is 13.2. The van der Waals surface area contributed by atoms with Crippen LogP contribution in [0.25, 0.3) is 22.4 Å². The molecule has 1 fully saturated rings. The third kappa shape index (κ3) is 5.02. The van der Waals surface area contributed by atoms with E-state index in [1.54, 1.807) is 0 Å². The summed E-state index contributed by atoms with van der Waals surface area (Å²) in [5.74, 6) is 1.18. The van der Waals surface area contributed by atoms with Gasteiger partial charge in [0.15, 0.2) is 5.82 Å². The summed E-state index contributed by atoms with van der Waals surface area (Å²) in [6, 6.07) is 8.66. The van der Waals surface area contributed by atoms with Crippen molar-refractivity contribution in [1.29, 1.82) is 0 Å². The molecule has 2 heterocycles. The van der Waals surface area contributed by atoms with Gasteiger partial charge in [0.05, 0.1) is 11.3 Å². The van der Waals surface area contributed by atoms with E-state index in [4.69, 9.17) is 0 Å². The highest BCUT2D eigenvalue weighted by molar-refractivity contribution is 5.87. The van der Waals surface area contributed by atoms with Gasteiger partial charge < -0.3 is 15.3 Å². The zero-order valence-electron chi connectivity index (χ0n) is 22.0. The van der Waals surface area contributed by atoms with Crippen LogP contribution in [0.15, 0.2) is 36.4 Å². The minimum absolute atomic E-state index is 0.0697. The molecule has 1 aromatic heterocycles. The normalized spacial score (nSPS) is 21.6. The number of phenols is 1. The number of rotatable bonds is 5. The quantitative estimate of drug-likeness (QED) is 0.505. The summed E-state index contributed by atoms with van der Waals surface area (Å²) in [6.45, 7) is 9.10. The fourth-order valence-electron chi connectivity index (χ4n) is 6.56. The van der Waals surface area contributed by atoms with Crippen LogP contribution in [0.1, 0.15) is 90.2 Å². The Morgan fingerprint density at radius 2 is 1.57 bits per heavy atom. The summed E-state index contributed by atoms with van der Waals surface area (Å²) in [7, 11) is 2.13. The van der Waals surface area contributed by atoms with E-state index < -0.39 is 0 Å². The molecular formula is C30H40N4O. The van der Waals surface area contributed by atoms with E-state index in [0.717, 1.165) is 66.7 Å². The van der Waals surface area contributed by atoms with Crippen molar-refractivity contribution < 1.29 is 5.11 Å². The topological polar surface area (TPSA) is 61.3 Å². The number of aromatic nitrogens is 2. The molecule has 0 unspecified atom stereocenters. The monoisotopic (exact) mass is 472 g/mol. The van der Waals surface area contributed by atoms with Crippen molar-refractivity contribution in [3.63, 3.8) is 0 Å². The molecule has 0 bridgehead atoms. The van der Waals surface area contributed by atoms with Crippen LogP contribution in [0.5, 0.6) is 5.75 Å². The van der Waals surface area contributed by atoms with E-state index in [-0.39, 0.29) is 11.1 Å². The lowest BCUT2D eigenvalue weighted by Gasteiger charge is -2.49. The number of nitrogens with zero attached hydrogens (tertiary/aromatic N) is 3. The highest BCUT2D eigenvalue weighted by atomic mass is 16.3. The van der Waals surface area contributed by atoms with Crippen molar-refractivity contribution in [1.82, 2.24) is 15.5 Å². The molecule has 1 aliphatic heterocycles. The Morgan fingerprint density at radius 1 is 0.914 bits per heavy atom. The number of hydrogen-bond donors (Lipinski definition) is 2. The van der Waals surface area contributed by atoms with E-state index in [1.165, 1.54) is 24.0 Å². The Hall–Kier alpha value is -2.66. The van der Waals surface area contributed by atoms with E-state index in [0.29, 0.717) is 11.8 Å². The van der Waals surface area contributed by atoms with Gasteiger partial charge in [-0.1, -0.05) is 12.2 Å². The summed E-state index contributed by atoms with van der Waals surface area (Å²) >= 11 is 0. The molecule has 3 aliphatic rings. The lowest BCUT2D eigenvalue weighted by Crippen LogP contribution is -2.62. The lowest BCUT2D eigenvalue weighted by atomic mass is 9.79. The summed E-state index contributed by atoms with van der Waals surface area (Å²) in [6.07, 6.45) is 13.5. The molecule has 2 aromatic rings. The largest absolute Gasteiger partial charge is 0.507 e. The van der Waals surface area contributed by atoms with Gasteiger partial charge in [0.2, 0.25) is 0 Å². The zero-order chi connectivity index (χ0) is 24.8. The lowest BCUT2D eigenvalue weighted by molar-refractivity contribution is 0.160. The molecule has 1 saturated heterocycles. The van der Waals surface area contributed by atoms with Crippen molar-refractivity contribution in [3.8, 4) is 17.0 Å². The third-order valence-corrected chi connectivity index (χ3v) is 7.90. The predicted molar refractivity (Wildman–Crippen MR) is 146 cm³/mol. The van der Waals surface area contributed by atoms with Gasteiger partial charge in [-0.15, -0.1) is 10.2 Å². The van der Waals surface area contributed by atoms with Crippen molar-refractivity contribution in [3.05, 3.63) is 47.5 Å². The Morgan fingerprint density at radius 3 is 2.14 bits per heavy atom. The molecule has 5 heteroatoms. The maximum atomic E-state index is 11.2. The highest BCUT2D eigenvalue weighted by Gasteiger charge is 2.39. The molecule has 0 atom stereocenters. The number of benzene rings is 1. The van der Waals surface area contributed by atoms with E-state index in [9.17, 15) is 5.11 Å². The van der Waals surface area contributed by atoms with Gasteiger partial charge in [-0.3, -0.25) is 0 Å². The Balaban J connectivity index is 1.47. The fourth-order valence-corrected chi connectivity index (χ4v) is 6.56. The number of piperidine rings is 1. The van der Waals surface area contributed by atoms with Crippen molar-refractivity contribution in [2.75, 3.05) is 11.9 Å². The highest BCUT2D eigenvalue weighted by Crippen LogP contribution is 2.43. The zero-order valence-corrected chi connectivity index (χ0v) is 22.0. The summed E-state index contributed by atoms with van der Waals surface area (Å²) in [4.78, 5) is 2.27. The predicted octanol–water partition coefficient (Wildman–Crippen LogP) is 6.73. The molecule has 1 aromatic carbocycles. The molecule has 35 heavy (non-hydrogen) atoms. The molecular weight excluding hydrogens is 432 g/mol. The number of aromatic hydroxyl groups is 1. The number of anilines is 1. The van der Waals surface area contributed by atoms with Gasteiger partial charge in [-0.2, -0.15) is 0 Å². The molecule has 0 spiro atoms. The molecule has 186 valence electrons. The second kappa shape index (κ2) is 9.09. The number of hydrogen-bond acceptors (Lipinski definition) is 5. The van der Waals surface area contributed by atoms with E-state index in [2.05, 4.69) is 79.4 Å². The standard InChI is InChI=1S/C30H40N4O/c1-29(2)18-23(19-30(3,4)33-29)34(5)27-15-14-25(31-32-27)28-24(21-12-8-9-13-21)16-22(17-26(28)35)20-10-6-7-11-20/h10,12,14-17,23,33,35H,6-9,11,13,18-19H2,1-5H3. The van der Waals surface area contributed by atoms with Crippen LogP contribution in [-0.4, -0.2) is 39.5 Å². The minimum atomic E-state index is 0.0697. The molecule has 0 amide bonds. The summed E-state index contributed by atoms with van der Waals surface area (Å²) in [5, 5.41) is 24.3. The third-order valence-electron chi connectivity index (χ3n) is 7.90. The van der Waals surface area contributed by atoms with Crippen molar-refractivity contribution in [2.45, 2.75) is 96.2 Å². The fraction of sp³-hybridized carbons (Fsp3) is 0.533. The number of nitrogens with one attached hydrogen (secondary N) is 1. The van der Waals surface area contributed by atoms with Crippen molar-refractivity contribution in [2.24, 2.45) is 0 Å². The smallest absolute Gasteiger partial charge is 0.151 e. The van der Waals surface area contributed by atoms with Gasteiger partial charge in [0, 0.05) is 24.2 Å². The molecule has 0 radical (unpaired) electrons. The molecule has 2 N–H and O–H groups in total. The van der Waals surface area contributed by atoms with Crippen LogP contribution in [0.3, 0.4) is 0 Å². The van der Waals surface area contributed by atoms with Gasteiger partial charge in [-0.05, 0) is 126 Å². The van der Waals surface area contributed by atoms with Crippen LogP contribution < -0.4 is 10.2 Å². The van der Waals surface area contributed by atoms with Crippen LogP contribution in [0.2, 0.25) is 0 Å². The summed E-state index contributed by atoms with van der Waals surface area (Å²) in [5.41, 5.74) is 6.61. The van der Waals surface area contributed by atoms with Crippen LogP contribution in [0.4, 0.5) is 5.82 Å². The SMILES string of the molecule is CN(c1ccc(-c2c(O)cc(C3=CCCC3)cc2C2=CCCC2)nn1)C1CC(C)(C)NC(C)(C)C1. The molecule has 2 aliphatic carbocycles. The number of phenolic OH excluding ortho intramolecular Hbond substituents is 1. The van der Waals surface area contributed by atoms with E-state index >= 15 is 0 Å². The number of allylic oxidation sites excluding steroid dienone is 4. The van der Waals surface area contributed by atoms with Crippen molar-refractivity contribution >= 4 is 17.0 Å². The first kappa shape index (κ1) is 24.1. The van der Waals surface area contributed by atoms with Crippen LogP contribution in [-0.2, 0) is 0 Å². The first-order valence-electron chi connectivity index (χ1n) is 13.2. The summed E-state index contributed by atoms with van der Waals surface area (Å²) < 4.78 is 0. The van der Waals surface area contributed by atoms with Gasteiger partial charge in [0.1, 0.15) is 5.75 Å². The van der Waals surface area contributed by atoms with Crippen LogP contribution >= 0.6 is 0 Å². The Bertz CT molecular complexity index is 1140. The Labute approximate surface area is 210 Å². The van der Waals surface area contributed by atoms with E-state index in [1.807, 2.05) is 12.1 Å². The maximum Gasteiger partial charge on any atom is 0.151 e. The molecule has 5 rings (SSSR count).